The van der Waals surface area contributed by atoms with E-state index in [-0.39, 0.29) is 31.2 Å². The summed E-state index contributed by atoms with van der Waals surface area (Å²) >= 11 is 3.48. The van der Waals surface area contributed by atoms with Gasteiger partial charge in [0.05, 0.1) is 18.6 Å². The third-order valence-electron chi connectivity index (χ3n) is 7.13. The van der Waals surface area contributed by atoms with E-state index in [9.17, 15) is 14.0 Å². The predicted molar refractivity (Wildman–Crippen MR) is 148 cm³/mol. The maximum atomic E-state index is 14.5. The number of imidazole rings is 1. The van der Waals surface area contributed by atoms with Gasteiger partial charge in [-0.1, -0.05) is 91.0 Å². The number of nitrogens with zero attached hydrogens (tertiary/aromatic N) is 4. The van der Waals surface area contributed by atoms with E-state index in [4.69, 9.17) is 4.98 Å². The Bertz CT molecular complexity index is 1570. The van der Waals surface area contributed by atoms with Crippen LogP contribution in [0.2, 0.25) is 0 Å². The van der Waals surface area contributed by atoms with Gasteiger partial charge in [-0.2, -0.15) is 0 Å². The lowest BCUT2D eigenvalue weighted by molar-refractivity contribution is -0.138. The average Bonchev–Trinajstić information content (AvgIpc) is 3.20. The summed E-state index contributed by atoms with van der Waals surface area (Å²) in [4.78, 5) is 33.7. The smallest absolute Gasteiger partial charge is 0.332 e. The van der Waals surface area contributed by atoms with Gasteiger partial charge in [-0.25, -0.2) is 14.2 Å². The van der Waals surface area contributed by atoms with Crippen molar-refractivity contribution in [1.29, 1.82) is 0 Å². The van der Waals surface area contributed by atoms with E-state index in [1.54, 1.807) is 16.8 Å². The zero-order chi connectivity index (χ0) is 26.3. The highest BCUT2D eigenvalue weighted by Crippen LogP contribution is 2.41. The molecule has 1 aliphatic rings. The molecule has 0 saturated carbocycles. The number of aromatic nitrogens is 3. The van der Waals surface area contributed by atoms with Crippen LogP contribution in [-0.4, -0.2) is 44.2 Å². The number of amides is 1. The monoisotopic (exact) mass is 570 g/mol. The first-order chi connectivity index (χ1) is 18.5. The molecule has 6 nitrogen and oxygen atoms in total. The summed E-state index contributed by atoms with van der Waals surface area (Å²) in [7, 11) is 0. The molecule has 8 heteroatoms. The molecular weight excluding hydrogens is 547 g/mol. The fourth-order valence-electron chi connectivity index (χ4n) is 5.35. The predicted octanol–water partition coefficient (Wildman–Crippen LogP) is 4.98. The number of carbonyl (C=O) groups is 1. The van der Waals surface area contributed by atoms with Crippen LogP contribution in [0.25, 0.3) is 11.2 Å². The Kier molecular flexibility index (Phi) is 6.19. The van der Waals surface area contributed by atoms with Gasteiger partial charge in [0.2, 0.25) is 5.91 Å². The molecule has 3 aromatic carbocycles. The Balaban J connectivity index is 1.70. The first-order valence-corrected chi connectivity index (χ1v) is 13.1. The highest BCUT2D eigenvalue weighted by Gasteiger charge is 2.42. The summed E-state index contributed by atoms with van der Waals surface area (Å²) < 4.78 is 17.3. The number of carbonyl (C=O) groups excluding carboxylic acids is 1. The normalized spacial score (nSPS) is 14.0. The standard InChI is InChI=1S/C30H24BrFN4O2/c31-24-16-26-28(33-17-24)36(29(38)35(26)20-27(37)34-18-25(32)19-34)30(21-10-4-1-5-11-21,22-12-6-2-7-13-22)23-14-8-3-9-15-23/h1-17,25H,18-20H2. The molecule has 0 spiro atoms. The summed E-state index contributed by atoms with van der Waals surface area (Å²) in [5.74, 6) is -0.301. The van der Waals surface area contributed by atoms with Crippen LogP contribution in [0.15, 0.2) is 113 Å². The Morgan fingerprint density at radius 2 is 1.39 bits per heavy atom. The van der Waals surface area contributed by atoms with E-state index >= 15 is 0 Å². The maximum absolute atomic E-state index is 14.5. The van der Waals surface area contributed by atoms with Gasteiger partial charge in [0.1, 0.15) is 18.3 Å². The van der Waals surface area contributed by atoms with Crippen LogP contribution < -0.4 is 5.69 Å². The first-order valence-electron chi connectivity index (χ1n) is 12.4. The van der Waals surface area contributed by atoms with E-state index < -0.39 is 11.7 Å². The molecule has 6 rings (SSSR count). The summed E-state index contributed by atoms with van der Waals surface area (Å²) in [6.45, 7) is -0.103. The van der Waals surface area contributed by atoms with Crippen molar-refractivity contribution in [3.05, 3.63) is 135 Å². The number of alkyl halides is 1. The number of pyridine rings is 1. The fraction of sp³-hybridized carbons (Fsp3) is 0.167. The number of halogens is 2. The van der Waals surface area contributed by atoms with Crippen molar-refractivity contribution >= 4 is 33.0 Å². The first kappa shape index (κ1) is 24.3. The van der Waals surface area contributed by atoms with Gasteiger partial charge in [0, 0.05) is 10.7 Å². The lowest BCUT2D eigenvalue weighted by Gasteiger charge is -2.37. The summed E-state index contributed by atoms with van der Waals surface area (Å²) in [6, 6.07) is 31.3. The average molecular weight is 571 g/mol. The van der Waals surface area contributed by atoms with E-state index in [0.29, 0.717) is 15.6 Å². The third kappa shape index (κ3) is 3.87. The van der Waals surface area contributed by atoms with Crippen LogP contribution in [0.4, 0.5) is 4.39 Å². The number of likely N-dealkylation sites (tertiary alicyclic amines) is 1. The van der Waals surface area contributed by atoms with Gasteiger partial charge in [-0.3, -0.25) is 13.9 Å². The third-order valence-corrected chi connectivity index (χ3v) is 7.57. The van der Waals surface area contributed by atoms with Gasteiger partial charge < -0.3 is 4.90 Å². The number of benzene rings is 3. The molecule has 1 aliphatic heterocycles. The molecule has 1 saturated heterocycles. The largest absolute Gasteiger partial charge is 0.335 e. The van der Waals surface area contributed by atoms with E-state index in [0.717, 1.165) is 16.7 Å². The van der Waals surface area contributed by atoms with Crippen molar-refractivity contribution in [2.45, 2.75) is 18.3 Å². The minimum Gasteiger partial charge on any atom is -0.335 e. The lowest BCUT2D eigenvalue weighted by atomic mass is 9.76. The maximum Gasteiger partial charge on any atom is 0.332 e. The SMILES string of the molecule is O=C(Cn1c(=O)n(C(c2ccccc2)(c2ccccc2)c2ccccc2)c2ncc(Br)cc21)N1CC(F)C1. The summed E-state index contributed by atoms with van der Waals surface area (Å²) in [5.41, 5.74) is 2.10. The molecule has 5 aromatic rings. The van der Waals surface area contributed by atoms with Crippen molar-refractivity contribution in [1.82, 2.24) is 19.0 Å². The molecule has 190 valence electrons. The molecule has 0 N–H and O–H groups in total. The molecule has 3 heterocycles. The number of hydrogen-bond acceptors (Lipinski definition) is 3. The van der Waals surface area contributed by atoms with Gasteiger partial charge >= 0.3 is 5.69 Å². The van der Waals surface area contributed by atoms with E-state index in [2.05, 4.69) is 15.9 Å². The number of hydrogen-bond donors (Lipinski definition) is 0. The molecule has 0 bridgehead atoms. The second-order valence-electron chi connectivity index (χ2n) is 9.40. The molecular formula is C30H24BrFN4O2. The minimum absolute atomic E-state index is 0.0517. The quantitative estimate of drug-likeness (QED) is 0.270. The van der Waals surface area contributed by atoms with Crippen LogP contribution in [-0.2, 0) is 16.9 Å². The molecule has 0 aliphatic carbocycles. The minimum atomic E-state index is -1.09. The van der Waals surface area contributed by atoms with Crippen molar-refractivity contribution in [2.24, 2.45) is 0 Å². The van der Waals surface area contributed by atoms with Crippen molar-refractivity contribution < 1.29 is 9.18 Å². The summed E-state index contributed by atoms with van der Waals surface area (Å²) in [6.07, 6.45) is 0.633. The molecule has 0 atom stereocenters. The van der Waals surface area contributed by atoms with Gasteiger partial charge in [-0.15, -0.1) is 0 Å². The fourth-order valence-corrected chi connectivity index (χ4v) is 5.67. The van der Waals surface area contributed by atoms with Gasteiger partial charge in [0.25, 0.3) is 0 Å². The van der Waals surface area contributed by atoms with E-state index in [1.165, 1.54) is 9.47 Å². The Morgan fingerprint density at radius 3 is 1.87 bits per heavy atom. The zero-order valence-corrected chi connectivity index (χ0v) is 22.0. The lowest BCUT2D eigenvalue weighted by Crippen LogP contribution is -2.53. The second-order valence-corrected chi connectivity index (χ2v) is 10.3. The highest BCUT2D eigenvalue weighted by atomic mass is 79.9. The van der Waals surface area contributed by atoms with Crippen molar-refractivity contribution in [2.75, 3.05) is 13.1 Å². The topological polar surface area (TPSA) is 60.1 Å². The van der Waals surface area contributed by atoms with Crippen LogP contribution in [0.3, 0.4) is 0 Å². The molecule has 0 radical (unpaired) electrons. The van der Waals surface area contributed by atoms with E-state index in [1.807, 2.05) is 91.0 Å². The molecule has 38 heavy (non-hydrogen) atoms. The van der Waals surface area contributed by atoms with Crippen LogP contribution in [0.1, 0.15) is 16.7 Å². The van der Waals surface area contributed by atoms with Crippen LogP contribution >= 0.6 is 15.9 Å². The second kappa shape index (κ2) is 9.68. The van der Waals surface area contributed by atoms with Crippen molar-refractivity contribution in [3.8, 4) is 0 Å². The Hall–Kier alpha value is -4.04. The molecule has 2 aromatic heterocycles. The molecule has 1 fully saturated rings. The summed E-state index contributed by atoms with van der Waals surface area (Å²) in [5, 5.41) is 0. The number of fused-ring (bicyclic) bond motifs is 1. The Labute approximate surface area is 227 Å². The Morgan fingerprint density at radius 1 is 0.895 bits per heavy atom. The molecule has 0 unspecified atom stereocenters. The zero-order valence-electron chi connectivity index (χ0n) is 20.4. The van der Waals surface area contributed by atoms with Crippen LogP contribution in [0.5, 0.6) is 0 Å². The highest BCUT2D eigenvalue weighted by molar-refractivity contribution is 9.10. The van der Waals surface area contributed by atoms with Gasteiger partial charge in [0.15, 0.2) is 5.65 Å². The number of rotatable bonds is 6. The van der Waals surface area contributed by atoms with Gasteiger partial charge in [-0.05, 0) is 38.7 Å². The van der Waals surface area contributed by atoms with Crippen LogP contribution in [0, 0.1) is 0 Å². The molecule has 1 amide bonds. The van der Waals surface area contributed by atoms with Crippen molar-refractivity contribution in [3.63, 3.8) is 0 Å².